The number of hydrogen-bond donors (Lipinski definition) is 1. The molecule has 1 aliphatic carbocycles. The summed E-state index contributed by atoms with van der Waals surface area (Å²) in [7, 11) is 2.06. The predicted molar refractivity (Wildman–Crippen MR) is 63.5 cm³/mol. The molecular formula is C12H21N3O2. The lowest BCUT2D eigenvalue weighted by molar-refractivity contribution is 0.268. The van der Waals surface area contributed by atoms with E-state index in [1.807, 2.05) is 0 Å². The van der Waals surface area contributed by atoms with E-state index in [1.165, 1.54) is 12.8 Å². The van der Waals surface area contributed by atoms with Gasteiger partial charge in [-0.2, -0.15) is 4.98 Å². The topological polar surface area (TPSA) is 62.4 Å². The molecule has 0 unspecified atom stereocenters. The lowest BCUT2D eigenvalue weighted by Crippen LogP contribution is -2.19. The molecule has 5 heteroatoms. The zero-order valence-corrected chi connectivity index (χ0v) is 10.4. The van der Waals surface area contributed by atoms with Crippen LogP contribution in [0, 0.1) is 0 Å². The van der Waals surface area contributed by atoms with Crippen LogP contribution in [-0.4, -0.2) is 40.3 Å². The minimum absolute atomic E-state index is 0.291. The molecule has 96 valence electrons. The fraction of sp³-hybridized carbons (Fsp3) is 0.833. The fourth-order valence-corrected chi connectivity index (χ4v) is 1.82. The van der Waals surface area contributed by atoms with E-state index in [0.29, 0.717) is 12.5 Å². The molecule has 0 saturated heterocycles. The van der Waals surface area contributed by atoms with Crippen LogP contribution in [0.1, 0.15) is 49.7 Å². The predicted octanol–water partition coefficient (Wildman–Crippen LogP) is 1.54. The summed E-state index contributed by atoms with van der Waals surface area (Å²) in [5.74, 6) is 2.14. The van der Waals surface area contributed by atoms with Gasteiger partial charge in [0.25, 0.3) is 0 Å². The van der Waals surface area contributed by atoms with Crippen molar-refractivity contribution in [2.45, 2.75) is 44.6 Å². The number of unbranched alkanes of at least 4 members (excludes halogenated alkanes) is 2. The maximum absolute atomic E-state index is 8.68. The Morgan fingerprint density at radius 3 is 2.88 bits per heavy atom. The molecule has 0 atom stereocenters. The molecule has 5 nitrogen and oxygen atoms in total. The van der Waals surface area contributed by atoms with Crippen LogP contribution in [0.4, 0.5) is 0 Å². The van der Waals surface area contributed by atoms with Crippen LogP contribution in [0.2, 0.25) is 0 Å². The van der Waals surface area contributed by atoms with Gasteiger partial charge >= 0.3 is 0 Å². The first-order valence-corrected chi connectivity index (χ1v) is 6.41. The normalized spacial score (nSPS) is 15.7. The largest absolute Gasteiger partial charge is 0.396 e. The number of hydrogen-bond acceptors (Lipinski definition) is 5. The van der Waals surface area contributed by atoms with Gasteiger partial charge in [-0.1, -0.05) is 5.16 Å². The Labute approximate surface area is 102 Å². The van der Waals surface area contributed by atoms with E-state index in [4.69, 9.17) is 9.63 Å². The quantitative estimate of drug-likeness (QED) is 0.697. The van der Waals surface area contributed by atoms with Crippen molar-refractivity contribution < 1.29 is 9.63 Å². The zero-order valence-electron chi connectivity index (χ0n) is 10.4. The van der Waals surface area contributed by atoms with Crippen molar-refractivity contribution in [3.63, 3.8) is 0 Å². The lowest BCUT2D eigenvalue weighted by atomic mass is 10.2. The van der Waals surface area contributed by atoms with Crippen molar-refractivity contribution in [2.24, 2.45) is 0 Å². The smallest absolute Gasteiger partial charge is 0.229 e. The van der Waals surface area contributed by atoms with Gasteiger partial charge in [0, 0.05) is 12.5 Å². The Kier molecular flexibility index (Phi) is 4.50. The molecule has 0 aliphatic heterocycles. The Balaban J connectivity index is 1.67. The third-order valence-corrected chi connectivity index (χ3v) is 3.02. The third-order valence-electron chi connectivity index (χ3n) is 3.02. The van der Waals surface area contributed by atoms with Crippen molar-refractivity contribution in [1.82, 2.24) is 15.0 Å². The Morgan fingerprint density at radius 2 is 2.18 bits per heavy atom. The van der Waals surface area contributed by atoms with E-state index in [9.17, 15) is 0 Å². The summed E-state index contributed by atoms with van der Waals surface area (Å²) in [6.07, 6.45) is 5.45. The Bertz CT molecular complexity index is 336. The molecule has 0 amide bonds. The van der Waals surface area contributed by atoms with E-state index >= 15 is 0 Å². The Morgan fingerprint density at radius 1 is 1.35 bits per heavy atom. The van der Waals surface area contributed by atoms with Gasteiger partial charge in [0.2, 0.25) is 5.89 Å². The minimum atomic E-state index is 0.291. The fourth-order valence-electron chi connectivity index (χ4n) is 1.82. The summed E-state index contributed by atoms with van der Waals surface area (Å²) in [6.45, 7) is 2.04. The molecule has 1 saturated carbocycles. The van der Waals surface area contributed by atoms with E-state index < -0.39 is 0 Å². The van der Waals surface area contributed by atoms with Crippen molar-refractivity contribution in [3.8, 4) is 0 Å². The molecule has 1 N–H and O–H groups in total. The highest BCUT2D eigenvalue weighted by Crippen LogP contribution is 2.38. The molecule has 1 heterocycles. The van der Waals surface area contributed by atoms with Gasteiger partial charge in [0.05, 0.1) is 6.54 Å². The van der Waals surface area contributed by atoms with Gasteiger partial charge in [-0.05, 0) is 45.7 Å². The number of rotatable bonds is 8. The summed E-state index contributed by atoms with van der Waals surface area (Å²) in [5.41, 5.74) is 0. The molecule has 1 fully saturated rings. The van der Waals surface area contributed by atoms with Crippen LogP contribution in [0.5, 0.6) is 0 Å². The summed E-state index contributed by atoms with van der Waals surface area (Å²) < 4.78 is 5.21. The van der Waals surface area contributed by atoms with Crippen molar-refractivity contribution in [3.05, 3.63) is 11.7 Å². The summed E-state index contributed by atoms with van der Waals surface area (Å²) >= 11 is 0. The molecule has 0 radical (unpaired) electrons. The first kappa shape index (κ1) is 12.5. The summed E-state index contributed by atoms with van der Waals surface area (Å²) in [6, 6.07) is 0. The van der Waals surface area contributed by atoms with Crippen LogP contribution in [0.3, 0.4) is 0 Å². The molecule has 17 heavy (non-hydrogen) atoms. The van der Waals surface area contributed by atoms with Crippen LogP contribution in [0.15, 0.2) is 4.52 Å². The van der Waals surface area contributed by atoms with Crippen LogP contribution in [0.25, 0.3) is 0 Å². The monoisotopic (exact) mass is 239 g/mol. The van der Waals surface area contributed by atoms with Crippen LogP contribution < -0.4 is 0 Å². The third kappa shape index (κ3) is 4.09. The second-order valence-corrected chi connectivity index (χ2v) is 4.85. The van der Waals surface area contributed by atoms with E-state index in [0.717, 1.165) is 44.1 Å². The number of aliphatic hydroxyl groups is 1. The summed E-state index contributed by atoms with van der Waals surface area (Å²) in [5, 5.41) is 12.7. The number of aliphatic hydroxyl groups excluding tert-OH is 1. The molecule has 1 aliphatic rings. The highest BCUT2D eigenvalue weighted by Gasteiger charge is 2.29. The SMILES string of the molecule is CN(CCCCCO)Cc1noc(C2CC2)n1. The lowest BCUT2D eigenvalue weighted by Gasteiger charge is -2.13. The average molecular weight is 239 g/mol. The zero-order chi connectivity index (χ0) is 12.1. The molecule has 0 spiro atoms. The first-order valence-electron chi connectivity index (χ1n) is 6.41. The second kappa shape index (κ2) is 6.12. The molecule has 1 aromatic rings. The molecular weight excluding hydrogens is 218 g/mol. The van der Waals surface area contributed by atoms with Gasteiger partial charge in [-0.3, -0.25) is 4.90 Å². The van der Waals surface area contributed by atoms with Gasteiger partial charge in [-0.15, -0.1) is 0 Å². The van der Waals surface area contributed by atoms with Crippen molar-refractivity contribution >= 4 is 0 Å². The van der Waals surface area contributed by atoms with E-state index in [2.05, 4.69) is 22.1 Å². The van der Waals surface area contributed by atoms with Gasteiger partial charge in [0.15, 0.2) is 5.82 Å². The first-order chi connectivity index (χ1) is 8.29. The highest BCUT2D eigenvalue weighted by atomic mass is 16.5. The average Bonchev–Trinajstić information content (AvgIpc) is 3.07. The maximum Gasteiger partial charge on any atom is 0.229 e. The summed E-state index contributed by atoms with van der Waals surface area (Å²) in [4.78, 5) is 6.59. The van der Waals surface area contributed by atoms with Crippen molar-refractivity contribution in [1.29, 1.82) is 0 Å². The van der Waals surface area contributed by atoms with Crippen molar-refractivity contribution in [2.75, 3.05) is 20.2 Å². The van der Waals surface area contributed by atoms with Gasteiger partial charge < -0.3 is 9.63 Å². The van der Waals surface area contributed by atoms with Gasteiger partial charge in [-0.25, -0.2) is 0 Å². The minimum Gasteiger partial charge on any atom is -0.396 e. The molecule has 1 aromatic heterocycles. The van der Waals surface area contributed by atoms with Gasteiger partial charge in [0.1, 0.15) is 0 Å². The molecule has 2 rings (SSSR count). The standard InChI is InChI=1S/C12H21N3O2/c1-15(7-3-2-4-8-16)9-11-13-12(17-14-11)10-5-6-10/h10,16H,2-9H2,1H3. The van der Waals surface area contributed by atoms with Crippen LogP contribution >= 0.6 is 0 Å². The highest BCUT2D eigenvalue weighted by molar-refractivity contribution is 5.01. The molecule has 0 bridgehead atoms. The van der Waals surface area contributed by atoms with E-state index in [1.54, 1.807) is 0 Å². The Hall–Kier alpha value is -0.940. The number of aromatic nitrogens is 2. The molecule has 0 aromatic carbocycles. The maximum atomic E-state index is 8.68. The van der Waals surface area contributed by atoms with E-state index in [-0.39, 0.29) is 0 Å². The van der Waals surface area contributed by atoms with Crippen LogP contribution in [-0.2, 0) is 6.54 Å². The number of nitrogens with zero attached hydrogens (tertiary/aromatic N) is 3. The second-order valence-electron chi connectivity index (χ2n) is 4.85.